The zero-order chi connectivity index (χ0) is 20.8. The molecule has 10 heteroatoms. The summed E-state index contributed by atoms with van der Waals surface area (Å²) in [6.07, 6.45) is 6.60. The monoisotopic (exact) mass is 423 g/mol. The molecular weight excluding hydrogens is 402 g/mol. The molecule has 0 saturated heterocycles. The maximum Gasteiger partial charge on any atom is 0.318 e. The number of fused-ring (bicyclic) bond motifs is 2. The molecule has 3 heterocycles. The summed E-state index contributed by atoms with van der Waals surface area (Å²) in [4.78, 5) is 34.5. The third kappa shape index (κ3) is 3.07. The molecule has 5 rings (SSSR count). The van der Waals surface area contributed by atoms with E-state index in [1.54, 1.807) is 17.8 Å². The topological polar surface area (TPSA) is 108 Å². The molecule has 1 aliphatic carbocycles. The quantitative estimate of drug-likeness (QED) is 0.505. The van der Waals surface area contributed by atoms with Crippen molar-refractivity contribution in [3.05, 3.63) is 44.6 Å². The molecule has 154 valence electrons. The van der Waals surface area contributed by atoms with Gasteiger partial charge >= 0.3 is 11.1 Å². The maximum atomic E-state index is 12.9. The average Bonchev–Trinajstić information content (AvgIpc) is 3.20. The van der Waals surface area contributed by atoms with Gasteiger partial charge in [-0.05, 0) is 37.5 Å². The summed E-state index contributed by atoms with van der Waals surface area (Å²) in [6, 6.07) is 3.87. The van der Waals surface area contributed by atoms with E-state index in [-0.39, 0.29) is 6.04 Å². The maximum absolute atomic E-state index is 12.9. The number of anilines is 2. The van der Waals surface area contributed by atoms with Crippen molar-refractivity contribution in [2.24, 2.45) is 7.05 Å². The van der Waals surface area contributed by atoms with E-state index in [4.69, 9.17) is 0 Å². The molecule has 4 aromatic rings. The molecule has 1 aromatic carbocycles. The van der Waals surface area contributed by atoms with Crippen LogP contribution in [-0.2, 0) is 7.05 Å². The van der Waals surface area contributed by atoms with Crippen LogP contribution < -0.4 is 16.4 Å². The summed E-state index contributed by atoms with van der Waals surface area (Å²) in [7, 11) is 1.58. The molecule has 30 heavy (non-hydrogen) atoms. The summed E-state index contributed by atoms with van der Waals surface area (Å²) < 4.78 is 11.5. The van der Waals surface area contributed by atoms with Gasteiger partial charge in [0.25, 0.3) is 0 Å². The molecule has 9 nitrogen and oxygen atoms in total. The van der Waals surface area contributed by atoms with E-state index >= 15 is 0 Å². The fourth-order valence-electron chi connectivity index (χ4n) is 4.16. The van der Waals surface area contributed by atoms with Crippen LogP contribution in [0.1, 0.15) is 43.7 Å². The summed E-state index contributed by atoms with van der Waals surface area (Å²) in [6.45, 7) is 1.98. The van der Waals surface area contributed by atoms with E-state index < -0.39 is 11.1 Å². The summed E-state index contributed by atoms with van der Waals surface area (Å²) in [5.74, 6) is 0.371. The van der Waals surface area contributed by atoms with Gasteiger partial charge in [-0.15, -0.1) is 0 Å². The number of rotatable bonds is 3. The van der Waals surface area contributed by atoms with Crippen LogP contribution in [0.2, 0.25) is 0 Å². The highest BCUT2D eigenvalue weighted by molar-refractivity contribution is 7.00. The SMILES string of the molecule is Cc1cc2nsnc2cc1Nc1ncc2c(n1)n(C1CCCCC1)c(=O)c(=O)n2C. The first-order valence-electron chi connectivity index (χ1n) is 10.0. The summed E-state index contributed by atoms with van der Waals surface area (Å²) in [5, 5.41) is 3.24. The first-order chi connectivity index (χ1) is 14.5. The number of aryl methyl sites for hydroxylation is 2. The Morgan fingerprint density at radius 1 is 1.07 bits per heavy atom. The molecule has 0 atom stereocenters. The number of hydrogen-bond acceptors (Lipinski definition) is 8. The largest absolute Gasteiger partial charge is 0.324 e. The lowest BCUT2D eigenvalue weighted by Crippen LogP contribution is -2.42. The Bertz CT molecular complexity index is 1380. The van der Waals surface area contributed by atoms with Gasteiger partial charge in [-0.25, -0.2) is 4.98 Å². The predicted octanol–water partition coefficient (Wildman–Crippen LogP) is 3.05. The van der Waals surface area contributed by atoms with E-state index in [0.29, 0.717) is 17.1 Å². The van der Waals surface area contributed by atoms with Crippen LogP contribution in [0.25, 0.3) is 22.2 Å². The van der Waals surface area contributed by atoms with E-state index in [2.05, 4.69) is 24.0 Å². The lowest BCUT2D eigenvalue weighted by Gasteiger charge is -2.25. The number of nitrogens with one attached hydrogen (secondary N) is 1. The van der Waals surface area contributed by atoms with Crippen molar-refractivity contribution in [1.29, 1.82) is 0 Å². The number of hydrogen-bond donors (Lipinski definition) is 1. The zero-order valence-electron chi connectivity index (χ0n) is 16.8. The molecule has 1 N–H and O–H groups in total. The van der Waals surface area contributed by atoms with Crippen LogP contribution in [0, 0.1) is 6.92 Å². The van der Waals surface area contributed by atoms with Crippen molar-refractivity contribution in [1.82, 2.24) is 27.8 Å². The Labute approximate surface area is 175 Å². The fourth-order valence-corrected chi connectivity index (χ4v) is 4.67. The normalized spacial score (nSPS) is 15.1. The smallest absolute Gasteiger partial charge is 0.318 e. The van der Waals surface area contributed by atoms with Gasteiger partial charge in [0.05, 0.1) is 17.9 Å². The first kappa shape index (κ1) is 18.9. The molecule has 0 spiro atoms. The van der Waals surface area contributed by atoms with Crippen LogP contribution in [0.3, 0.4) is 0 Å². The van der Waals surface area contributed by atoms with Crippen LogP contribution in [-0.4, -0.2) is 27.8 Å². The second kappa shape index (κ2) is 7.28. The molecule has 1 aliphatic rings. The van der Waals surface area contributed by atoms with E-state index in [0.717, 1.165) is 54.4 Å². The Kier molecular flexibility index (Phi) is 4.58. The van der Waals surface area contributed by atoms with E-state index in [1.807, 2.05) is 19.1 Å². The first-order valence-corrected chi connectivity index (χ1v) is 10.7. The second-order valence-electron chi connectivity index (χ2n) is 7.78. The van der Waals surface area contributed by atoms with Gasteiger partial charge in [0.15, 0.2) is 5.65 Å². The Balaban J connectivity index is 1.65. The number of benzene rings is 1. The highest BCUT2D eigenvalue weighted by Crippen LogP contribution is 2.29. The molecule has 1 saturated carbocycles. The third-order valence-electron chi connectivity index (χ3n) is 5.83. The van der Waals surface area contributed by atoms with E-state index in [9.17, 15) is 9.59 Å². The minimum absolute atomic E-state index is 0.00966. The minimum atomic E-state index is -0.547. The lowest BCUT2D eigenvalue weighted by molar-refractivity contribution is 0.350. The highest BCUT2D eigenvalue weighted by Gasteiger charge is 2.22. The van der Waals surface area contributed by atoms with Crippen LogP contribution in [0.15, 0.2) is 27.9 Å². The van der Waals surface area contributed by atoms with Crippen molar-refractivity contribution >= 4 is 45.6 Å². The fraction of sp³-hybridized carbons (Fsp3) is 0.400. The van der Waals surface area contributed by atoms with Crippen LogP contribution in [0.5, 0.6) is 0 Å². The van der Waals surface area contributed by atoms with Gasteiger partial charge in [-0.3, -0.25) is 14.2 Å². The minimum Gasteiger partial charge on any atom is -0.324 e. The Morgan fingerprint density at radius 2 is 1.80 bits per heavy atom. The Morgan fingerprint density at radius 3 is 2.57 bits per heavy atom. The molecule has 0 radical (unpaired) electrons. The van der Waals surface area contributed by atoms with Crippen LogP contribution >= 0.6 is 11.7 Å². The molecule has 3 aromatic heterocycles. The van der Waals surface area contributed by atoms with Crippen molar-refractivity contribution in [2.45, 2.75) is 45.1 Å². The number of aromatic nitrogens is 6. The summed E-state index contributed by atoms with van der Waals surface area (Å²) >= 11 is 1.17. The van der Waals surface area contributed by atoms with Crippen LogP contribution in [0.4, 0.5) is 11.6 Å². The van der Waals surface area contributed by atoms with Gasteiger partial charge in [0.1, 0.15) is 16.6 Å². The van der Waals surface area contributed by atoms with Crippen molar-refractivity contribution < 1.29 is 0 Å². The van der Waals surface area contributed by atoms with E-state index in [1.165, 1.54) is 16.3 Å². The number of nitrogens with zero attached hydrogens (tertiary/aromatic N) is 6. The standard InChI is InChI=1S/C20H21N7O2S/c1-11-8-14-15(25-30-24-14)9-13(11)22-20-21-10-16-17(23-20)27(12-6-4-3-5-7-12)19(29)18(28)26(16)2/h8-10,12H,3-7H2,1-2H3,(H,21,22,23). The average molecular weight is 424 g/mol. The van der Waals surface area contributed by atoms with Gasteiger partial charge in [-0.2, -0.15) is 13.7 Å². The molecule has 0 bridgehead atoms. The molecule has 0 amide bonds. The summed E-state index contributed by atoms with van der Waals surface area (Å²) in [5.41, 5.74) is 3.43. The van der Waals surface area contributed by atoms with Gasteiger partial charge in [0, 0.05) is 18.8 Å². The molecule has 0 unspecified atom stereocenters. The Hall–Kier alpha value is -3.14. The second-order valence-corrected chi connectivity index (χ2v) is 8.31. The zero-order valence-corrected chi connectivity index (χ0v) is 17.6. The molecule has 0 aliphatic heterocycles. The third-order valence-corrected chi connectivity index (χ3v) is 6.39. The van der Waals surface area contributed by atoms with Gasteiger partial charge < -0.3 is 9.88 Å². The van der Waals surface area contributed by atoms with Gasteiger partial charge in [0.2, 0.25) is 5.95 Å². The molecular formula is C20H21N7O2S. The lowest BCUT2D eigenvalue weighted by atomic mass is 9.95. The highest BCUT2D eigenvalue weighted by atomic mass is 32.1. The van der Waals surface area contributed by atoms with Crippen molar-refractivity contribution in [3.63, 3.8) is 0 Å². The predicted molar refractivity (Wildman–Crippen MR) is 117 cm³/mol. The molecule has 1 fully saturated rings. The van der Waals surface area contributed by atoms with Crippen molar-refractivity contribution in [2.75, 3.05) is 5.32 Å². The van der Waals surface area contributed by atoms with Gasteiger partial charge in [-0.1, -0.05) is 19.3 Å². The van der Waals surface area contributed by atoms with Crippen molar-refractivity contribution in [3.8, 4) is 0 Å².